The van der Waals surface area contributed by atoms with Gasteiger partial charge in [0, 0.05) is 13.1 Å². The lowest BCUT2D eigenvalue weighted by molar-refractivity contribution is -0.149. The van der Waals surface area contributed by atoms with Gasteiger partial charge in [-0.1, -0.05) is 0 Å². The van der Waals surface area contributed by atoms with Gasteiger partial charge in [0.2, 0.25) is 5.91 Å². The van der Waals surface area contributed by atoms with Crippen molar-refractivity contribution in [3.63, 3.8) is 0 Å². The van der Waals surface area contributed by atoms with Crippen LogP contribution in [0, 0.1) is 0 Å². The first kappa shape index (κ1) is 14.3. The van der Waals surface area contributed by atoms with E-state index in [4.69, 9.17) is 9.47 Å². The summed E-state index contributed by atoms with van der Waals surface area (Å²) in [6.07, 6.45) is 1.70. The van der Waals surface area contributed by atoms with Crippen molar-refractivity contribution in [2.75, 3.05) is 40.0 Å². The highest BCUT2D eigenvalue weighted by atomic mass is 16.5. The van der Waals surface area contributed by atoms with E-state index in [0.717, 1.165) is 19.4 Å². The van der Waals surface area contributed by atoms with Gasteiger partial charge in [0.05, 0.1) is 26.4 Å². The third kappa shape index (κ3) is 3.06. The van der Waals surface area contributed by atoms with E-state index < -0.39 is 0 Å². The highest BCUT2D eigenvalue weighted by Crippen LogP contribution is 2.22. The molecule has 0 radical (unpaired) electrons. The molecular formula is C13H22N2O4. The molecule has 0 aliphatic carbocycles. The number of esters is 1. The molecule has 0 saturated carbocycles. The number of hydrogen-bond acceptors (Lipinski definition) is 5. The van der Waals surface area contributed by atoms with Crippen LogP contribution < -0.4 is 0 Å². The van der Waals surface area contributed by atoms with Gasteiger partial charge in [0.25, 0.3) is 0 Å². The van der Waals surface area contributed by atoms with Gasteiger partial charge in [0.1, 0.15) is 6.04 Å². The summed E-state index contributed by atoms with van der Waals surface area (Å²) in [5.41, 5.74) is 0. The average molecular weight is 270 g/mol. The second kappa shape index (κ2) is 6.34. The van der Waals surface area contributed by atoms with Crippen molar-refractivity contribution in [1.82, 2.24) is 9.80 Å². The summed E-state index contributed by atoms with van der Waals surface area (Å²) < 4.78 is 10.1. The maximum absolute atomic E-state index is 12.4. The molecule has 0 N–H and O–H groups in total. The molecule has 2 unspecified atom stereocenters. The standard InChI is InChI=1S/C13H22N2O4/c1-10(12(16)14-6-8-19-9-7-14)15-5-3-4-11(15)13(17)18-2/h10-11H,3-9H2,1-2H3. The zero-order valence-corrected chi connectivity index (χ0v) is 11.6. The minimum Gasteiger partial charge on any atom is -0.468 e. The Kier molecular flexibility index (Phi) is 4.76. The molecule has 0 aromatic carbocycles. The van der Waals surface area contributed by atoms with Crippen LogP contribution in [0.25, 0.3) is 0 Å². The maximum Gasteiger partial charge on any atom is 0.323 e. The molecule has 2 atom stereocenters. The zero-order valence-electron chi connectivity index (χ0n) is 11.6. The summed E-state index contributed by atoms with van der Waals surface area (Å²) in [5, 5.41) is 0. The Hall–Kier alpha value is -1.14. The van der Waals surface area contributed by atoms with Crippen molar-refractivity contribution >= 4 is 11.9 Å². The lowest BCUT2D eigenvalue weighted by Crippen LogP contribution is -2.53. The second-order valence-electron chi connectivity index (χ2n) is 5.03. The Labute approximate surface area is 113 Å². The van der Waals surface area contributed by atoms with Gasteiger partial charge in [-0.15, -0.1) is 0 Å². The van der Waals surface area contributed by atoms with Gasteiger partial charge in [-0.3, -0.25) is 14.5 Å². The fraction of sp³-hybridized carbons (Fsp3) is 0.846. The number of nitrogens with zero attached hydrogens (tertiary/aromatic N) is 2. The van der Waals surface area contributed by atoms with E-state index in [-0.39, 0.29) is 24.0 Å². The number of carbonyl (C=O) groups excluding carboxylic acids is 2. The molecule has 2 fully saturated rings. The predicted molar refractivity (Wildman–Crippen MR) is 68.6 cm³/mol. The molecule has 0 aromatic heterocycles. The molecule has 6 nitrogen and oxygen atoms in total. The van der Waals surface area contributed by atoms with Crippen molar-refractivity contribution in [2.45, 2.75) is 31.8 Å². The highest BCUT2D eigenvalue weighted by Gasteiger charge is 2.38. The van der Waals surface area contributed by atoms with Gasteiger partial charge >= 0.3 is 5.97 Å². The van der Waals surface area contributed by atoms with Crippen LogP contribution in [0.2, 0.25) is 0 Å². The Morgan fingerprint density at radius 2 is 1.95 bits per heavy atom. The predicted octanol–water partition coefficient (Wildman–Crippen LogP) is -0.129. The third-order valence-corrected chi connectivity index (χ3v) is 3.95. The van der Waals surface area contributed by atoms with E-state index in [2.05, 4.69) is 0 Å². The summed E-state index contributed by atoms with van der Waals surface area (Å²) in [7, 11) is 1.40. The molecule has 2 rings (SSSR count). The highest BCUT2D eigenvalue weighted by molar-refractivity contribution is 5.83. The van der Waals surface area contributed by atoms with E-state index in [9.17, 15) is 9.59 Å². The van der Waals surface area contributed by atoms with Crippen LogP contribution in [0.4, 0.5) is 0 Å². The largest absolute Gasteiger partial charge is 0.468 e. The van der Waals surface area contributed by atoms with Crippen molar-refractivity contribution in [3.8, 4) is 0 Å². The van der Waals surface area contributed by atoms with E-state index in [1.807, 2.05) is 16.7 Å². The summed E-state index contributed by atoms with van der Waals surface area (Å²) in [6, 6.07) is -0.547. The molecule has 0 bridgehead atoms. The molecular weight excluding hydrogens is 248 g/mol. The van der Waals surface area contributed by atoms with E-state index in [1.165, 1.54) is 7.11 Å². The van der Waals surface area contributed by atoms with Crippen molar-refractivity contribution in [1.29, 1.82) is 0 Å². The van der Waals surface area contributed by atoms with Crippen LogP contribution in [-0.2, 0) is 19.1 Å². The Bertz CT molecular complexity index is 342. The summed E-state index contributed by atoms with van der Waals surface area (Å²) in [5.74, 6) is -0.154. The molecule has 2 aliphatic heterocycles. The normalized spacial score (nSPS) is 26.2. The maximum atomic E-state index is 12.4. The molecule has 2 saturated heterocycles. The Morgan fingerprint density at radius 3 is 2.58 bits per heavy atom. The van der Waals surface area contributed by atoms with Crippen LogP contribution >= 0.6 is 0 Å². The summed E-state index contributed by atoms with van der Waals surface area (Å²) in [4.78, 5) is 27.9. The summed E-state index contributed by atoms with van der Waals surface area (Å²) in [6.45, 7) is 5.12. The van der Waals surface area contributed by atoms with Crippen molar-refractivity contribution in [2.24, 2.45) is 0 Å². The molecule has 2 aliphatic rings. The monoisotopic (exact) mass is 270 g/mol. The van der Waals surface area contributed by atoms with Crippen LogP contribution in [0.15, 0.2) is 0 Å². The average Bonchev–Trinajstić information content (AvgIpc) is 2.95. The Balaban J connectivity index is 1.99. The SMILES string of the molecule is COC(=O)C1CCCN1C(C)C(=O)N1CCOCC1. The zero-order chi connectivity index (χ0) is 13.8. The van der Waals surface area contributed by atoms with E-state index >= 15 is 0 Å². The van der Waals surface area contributed by atoms with Crippen molar-refractivity contribution < 1.29 is 19.1 Å². The fourth-order valence-corrected chi connectivity index (χ4v) is 2.83. The first-order valence-corrected chi connectivity index (χ1v) is 6.85. The van der Waals surface area contributed by atoms with Crippen LogP contribution in [0.5, 0.6) is 0 Å². The minimum absolute atomic E-state index is 0.0825. The number of hydrogen-bond donors (Lipinski definition) is 0. The molecule has 0 aromatic rings. The van der Waals surface area contributed by atoms with Gasteiger partial charge in [-0.05, 0) is 26.3 Å². The van der Waals surface area contributed by atoms with Crippen LogP contribution in [-0.4, -0.2) is 73.7 Å². The topological polar surface area (TPSA) is 59.1 Å². The first-order valence-electron chi connectivity index (χ1n) is 6.85. The molecule has 2 heterocycles. The third-order valence-electron chi connectivity index (χ3n) is 3.95. The molecule has 0 spiro atoms. The quantitative estimate of drug-likeness (QED) is 0.669. The number of methoxy groups -OCH3 is 1. The number of amides is 1. The molecule has 108 valence electrons. The first-order chi connectivity index (χ1) is 9.15. The Morgan fingerprint density at radius 1 is 1.26 bits per heavy atom. The number of likely N-dealkylation sites (tertiary alicyclic amines) is 1. The number of ether oxygens (including phenoxy) is 2. The van der Waals surface area contributed by atoms with Gasteiger partial charge < -0.3 is 14.4 Å². The lowest BCUT2D eigenvalue weighted by Gasteiger charge is -2.34. The minimum atomic E-state index is -0.273. The fourth-order valence-electron chi connectivity index (χ4n) is 2.83. The second-order valence-corrected chi connectivity index (χ2v) is 5.03. The molecule has 1 amide bonds. The number of morpholine rings is 1. The summed E-state index contributed by atoms with van der Waals surface area (Å²) >= 11 is 0. The van der Waals surface area contributed by atoms with Gasteiger partial charge in [-0.25, -0.2) is 0 Å². The van der Waals surface area contributed by atoms with E-state index in [1.54, 1.807) is 0 Å². The van der Waals surface area contributed by atoms with Crippen molar-refractivity contribution in [3.05, 3.63) is 0 Å². The smallest absolute Gasteiger partial charge is 0.323 e. The number of carbonyl (C=O) groups is 2. The number of rotatable bonds is 3. The molecule has 19 heavy (non-hydrogen) atoms. The molecule has 6 heteroatoms. The van der Waals surface area contributed by atoms with Gasteiger partial charge in [-0.2, -0.15) is 0 Å². The van der Waals surface area contributed by atoms with E-state index in [0.29, 0.717) is 26.3 Å². The van der Waals surface area contributed by atoms with Crippen LogP contribution in [0.1, 0.15) is 19.8 Å². The lowest BCUT2D eigenvalue weighted by atomic mass is 10.1. The van der Waals surface area contributed by atoms with Crippen LogP contribution in [0.3, 0.4) is 0 Å². The van der Waals surface area contributed by atoms with Gasteiger partial charge in [0.15, 0.2) is 0 Å².